The molecule has 1 atom stereocenters. The van der Waals surface area contributed by atoms with Crippen LogP contribution in [-0.4, -0.2) is 51.8 Å². The molecule has 5 nitrogen and oxygen atoms in total. The molecule has 0 amide bonds. The summed E-state index contributed by atoms with van der Waals surface area (Å²) in [6.07, 6.45) is 3.84. The van der Waals surface area contributed by atoms with Crippen molar-refractivity contribution in [1.29, 1.82) is 0 Å². The molecule has 1 aliphatic carbocycles. The van der Waals surface area contributed by atoms with Crippen molar-refractivity contribution in [3.05, 3.63) is 0 Å². The van der Waals surface area contributed by atoms with E-state index in [2.05, 4.69) is 9.62 Å². The number of nitrogens with two attached hydrogens (primary N) is 1. The lowest BCUT2D eigenvalue weighted by Gasteiger charge is -2.29. The fourth-order valence-electron chi connectivity index (χ4n) is 2.37. The lowest BCUT2D eigenvalue weighted by Crippen LogP contribution is -2.46. The maximum atomic E-state index is 12.1. The van der Waals surface area contributed by atoms with Crippen molar-refractivity contribution in [2.45, 2.75) is 30.9 Å². The van der Waals surface area contributed by atoms with Crippen molar-refractivity contribution in [2.75, 3.05) is 33.2 Å². The summed E-state index contributed by atoms with van der Waals surface area (Å²) < 4.78 is 27.1. The lowest BCUT2D eigenvalue weighted by molar-refractivity contribution is 0.276. The van der Waals surface area contributed by atoms with E-state index in [1.807, 2.05) is 7.05 Å². The zero-order chi connectivity index (χ0) is 12.5. The summed E-state index contributed by atoms with van der Waals surface area (Å²) in [6.45, 7) is 2.75. The molecule has 1 saturated carbocycles. The van der Waals surface area contributed by atoms with E-state index in [9.17, 15) is 8.42 Å². The second kappa shape index (κ2) is 4.84. The molecule has 2 fully saturated rings. The Morgan fingerprint density at radius 2 is 2.18 bits per heavy atom. The summed E-state index contributed by atoms with van der Waals surface area (Å²) in [6, 6.07) is 0. The van der Waals surface area contributed by atoms with Crippen LogP contribution in [-0.2, 0) is 10.0 Å². The van der Waals surface area contributed by atoms with Gasteiger partial charge in [0.1, 0.15) is 0 Å². The quantitative estimate of drug-likeness (QED) is 0.715. The van der Waals surface area contributed by atoms with Gasteiger partial charge >= 0.3 is 0 Å². The van der Waals surface area contributed by atoms with Gasteiger partial charge in [-0.3, -0.25) is 0 Å². The van der Waals surface area contributed by atoms with Crippen molar-refractivity contribution in [3.8, 4) is 0 Å². The van der Waals surface area contributed by atoms with Crippen molar-refractivity contribution < 1.29 is 8.42 Å². The monoisotopic (exact) mass is 261 g/mol. The summed E-state index contributed by atoms with van der Waals surface area (Å²) in [5.41, 5.74) is 5.72. The topological polar surface area (TPSA) is 75.4 Å². The van der Waals surface area contributed by atoms with Gasteiger partial charge < -0.3 is 10.6 Å². The van der Waals surface area contributed by atoms with Crippen LogP contribution in [0.2, 0.25) is 0 Å². The van der Waals surface area contributed by atoms with E-state index in [1.54, 1.807) is 0 Å². The van der Waals surface area contributed by atoms with Crippen molar-refractivity contribution in [2.24, 2.45) is 11.1 Å². The van der Waals surface area contributed by atoms with Crippen LogP contribution >= 0.6 is 0 Å². The number of piperidine rings is 1. The fourth-order valence-corrected chi connectivity index (χ4v) is 4.04. The third-order valence-corrected chi connectivity index (χ3v) is 5.87. The molecule has 6 heteroatoms. The van der Waals surface area contributed by atoms with Crippen molar-refractivity contribution in [3.63, 3.8) is 0 Å². The Kier molecular flexibility index (Phi) is 3.77. The molecule has 0 radical (unpaired) electrons. The number of nitrogens with zero attached hydrogens (tertiary/aromatic N) is 1. The van der Waals surface area contributed by atoms with E-state index in [-0.39, 0.29) is 10.7 Å². The Morgan fingerprint density at radius 1 is 1.47 bits per heavy atom. The Morgan fingerprint density at radius 3 is 2.71 bits per heavy atom. The Labute approximate surface area is 104 Å². The Bertz CT molecular complexity index is 365. The third kappa shape index (κ3) is 3.19. The van der Waals surface area contributed by atoms with Crippen LogP contribution in [0.1, 0.15) is 25.7 Å². The van der Waals surface area contributed by atoms with Crippen molar-refractivity contribution in [1.82, 2.24) is 9.62 Å². The molecule has 0 bridgehead atoms. The molecular formula is C11H23N3O2S. The highest BCUT2D eigenvalue weighted by Gasteiger charge is 2.42. The van der Waals surface area contributed by atoms with Gasteiger partial charge in [0.05, 0.1) is 5.25 Å². The molecule has 2 rings (SSSR count). The average Bonchev–Trinajstić information content (AvgIpc) is 3.07. The first-order chi connectivity index (χ1) is 7.97. The van der Waals surface area contributed by atoms with Gasteiger partial charge in [-0.2, -0.15) is 0 Å². The number of hydrogen-bond donors (Lipinski definition) is 2. The number of rotatable bonds is 5. The largest absolute Gasteiger partial charge is 0.330 e. The van der Waals surface area contributed by atoms with E-state index in [4.69, 9.17) is 5.73 Å². The highest BCUT2D eigenvalue weighted by atomic mass is 32.2. The summed E-state index contributed by atoms with van der Waals surface area (Å²) >= 11 is 0. The minimum atomic E-state index is -3.17. The third-order valence-electron chi connectivity index (χ3n) is 4.06. The standard InChI is InChI=1S/C11H23N3O2S/c1-14-6-2-3-10(7-14)17(15,16)13-9-11(8-12)4-5-11/h10,13H,2-9,12H2,1H3. The van der Waals surface area contributed by atoms with Crippen LogP contribution in [0, 0.1) is 5.41 Å². The number of likely N-dealkylation sites (tertiary alicyclic amines) is 1. The van der Waals surface area contributed by atoms with Gasteiger partial charge in [-0.1, -0.05) is 0 Å². The van der Waals surface area contributed by atoms with Gasteiger partial charge in [-0.05, 0) is 51.2 Å². The summed E-state index contributed by atoms with van der Waals surface area (Å²) in [5.74, 6) is 0. The van der Waals surface area contributed by atoms with Gasteiger partial charge in [-0.25, -0.2) is 13.1 Å². The van der Waals surface area contributed by atoms with Gasteiger partial charge in [0.2, 0.25) is 10.0 Å². The van der Waals surface area contributed by atoms with Crippen LogP contribution < -0.4 is 10.5 Å². The fraction of sp³-hybridized carbons (Fsp3) is 1.00. The molecule has 1 heterocycles. The first-order valence-electron chi connectivity index (χ1n) is 6.35. The molecule has 1 saturated heterocycles. The SMILES string of the molecule is CN1CCCC(S(=O)(=O)NCC2(CN)CC2)C1. The van der Waals surface area contributed by atoms with Crippen LogP contribution in [0.25, 0.3) is 0 Å². The first kappa shape index (κ1) is 13.3. The van der Waals surface area contributed by atoms with E-state index in [0.29, 0.717) is 19.6 Å². The van der Waals surface area contributed by atoms with Crippen molar-refractivity contribution >= 4 is 10.0 Å². The normalized spacial score (nSPS) is 29.2. The van der Waals surface area contributed by atoms with Gasteiger partial charge in [0.25, 0.3) is 0 Å². The second-order valence-electron chi connectivity index (χ2n) is 5.60. The van der Waals surface area contributed by atoms with E-state index >= 15 is 0 Å². The van der Waals surface area contributed by atoms with Gasteiger partial charge in [0, 0.05) is 13.1 Å². The average molecular weight is 261 g/mol. The van der Waals surface area contributed by atoms with E-state index in [1.165, 1.54) is 0 Å². The highest BCUT2D eigenvalue weighted by Crippen LogP contribution is 2.43. The molecule has 1 unspecified atom stereocenters. The smallest absolute Gasteiger partial charge is 0.215 e. The molecular weight excluding hydrogens is 238 g/mol. The molecule has 0 aromatic rings. The molecule has 100 valence electrons. The number of hydrogen-bond acceptors (Lipinski definition) is 4. The van der Waals surface area contributed by atoms with E-state index in [0.717, 1.165) is 32.2 Å². The minimum Gasteiger partial charge on any atom is -0.330 e. The predicted molar refractivity (Wildman–Crippen MR) is 68.2 cm³/mol. The van der Waals surface area contributed by atoms with Crippen LogP contribution in [0.5, 0.6) is 0 Å². The lowest BCUT2D eigenvalue weighted by atomic mass is 10.1. The summed E-state index contributed by atoms with van der Waals surface area (Å²) in [7, 11) is -1.19. The summed E-state index contributed by atoms with van der Waals surface area (Å²) in [4.78, 5) is 2.09. The van der Waals surface area contributed by atoms with Crippen LogP contribution in [0.15, 0.2) is 0 Å². The molecule has 17 heavy (non-hydrogen) atoms. The maximum absolute atomic E-state index is 12.1. The minimum absolute atomic E-state index is 0.0631. The van der Waals surface area contributed by atoms with Crippen LogP contribution in [0.4, 0.5) is 0 Å². The molecule has 1 aliphatic heterocycles. The van der Waals surface area contributed by atoms with E-state index < -0.39 is 10.0 Å². The van der Waals surface area contributed by atoms with Gasteiger partial charge in [0.15, 0.2) is 0 Å². The Hall–Kier alpha value is -0.170. The van der Waals surface area contributed by atoms with Crippen LogP contribution in [0.3, 0.4) is 0 Å². The predicted octanol–water partition coefficient (Wildman–Crippen LogP) is -0.261. The maximum Gasteiger partial charge on any atom is 0.215 e. The zero-order valence-corrected chi connectivity index (χ0v) is 11.3. The summed E-state index contributed by atoms with van der Waals surface area (Å²) in [5, 5.41) is -0.255. The highest BCUT2D eigenvalue weighted by molar-refractivity contribution is 7.90. The molecule has 3 N–H and O–H groups in total. The van der Waals surface area contributed by atoms with Gasteiger partial charge in [-0.15, -0.1) is 0 Å². The number of sulfonamides is 1. The molecule has 0 aromatic heterocycles. The zero-order valence-electron chi connectivity index (χ0n) is 10.5. The first-order valence-corrected chi connectivity index (χ1v) is 7.89. The molecule has 2 aliphatic rings. The molecule has 0 spiro atoms. The Balaban J connectivity index is 1.89. The second-order valence-corrected chi connectivity index (χ2v) is 7.64. The number of nitrogens with one attached hydrogen (secondary N) is 1. The molecule has 0 aromatic carbocycles.